The number of rotatable bonds is 4. The van der Waals surface area contributed by atoms with E-state index in [2.05, 4.69) is 20.0 Å². The molecule has 0 bridgehead atoms. The predicted octanol–water partition coefficient (Wildman–Crippen LogP) is 0.598. The van der Waals surface area contributed by atoms with Gasteiger partial charge < -0.3 is 10.1 Å². The van der Waals surface area contributed by atoms with Crippen LogP contribution in [0.1, 0.15) is 22.1 Å². The highest BCUT2D eigenvalue weighted by molar-refractivity contribution is 7.89. The largest absolute Gasteiger partial charge is 0.464 e. The van der Waals surface area contributed by atoms with Crippen molar-refractivity contribution in [2.45, 2.75) is 10.9 Å². The SMILES string of the molecule is COC(=O)c1ccc(S(=O)(=O)N2CCNCC2c2cccnc2)cn1. The van der Waals surface area contributed by atoms with Gasteiger partial charge in [0.1, 0.15) is 10.6 Å². The fourth-order valence-electron chi connectivity index (χ4n) is 2.72. The number of carbonyl (C=O) groups is 1. The molecular weight excluding hydrogens is 344 g/mol. The molecule has 2 aromatic heterocycles. The number of nitrogens with one attached hydrogen (secondary N) is 1. The van der Waals surface area contributed by atoms with E-state index in [1.807, 2.05) is 6.07 Å². The van der Waals surface area contributed by atoms with Gasteiger partial charge in [-0.2, -0.15) is 4.31 Å². The first-order chi connectivity index (χ1) is 12.0. The van der Waals surface area contributed by atoms with Gasteiger partial charge in [0.25, 0.3) is 0 Å². The van der Waals surface area contributed by atoms with Crippen molar-refractivity contribution in [3.63, 3.8) is 0 Å². The lowest BCUT2D eigenvalue weighted by Gasteiger charge is -2.35. The number of aromatic nitrogens is 2. The van der Waals surface area contributed by atoms with E-state index in [9.17, 15) is 13.2 Å². The standard InChI is InChI=1S/C16H18N4O4S/c1-24-16(21)14-5-4-13(10-19-14)25(22,23)20-8-7-18-11-15(20)12-3-2-6-17-9-12/h2-6,9-10,15,18H,7-8,11H2,1H3. The average molecular weight is 362 g/mol. The minimum Gasteiger partial charge on any atom is -0.464 e. The maximum atomic E-state index is 13.0. The van der Waals surface area contributed by atoms with Crippen molar-refractivity contribution in [2.75, 3.05) is 26.7 Å². The van der Waals surface area contributed by atoms with E-state index in [1.165, 1.54) is 29.7 Å². The third-order valence-electron chi connectivity index (χ3n) is 4.00. The Kier molecular flexibility index (Phi) is 5.07. The molecule has 3 rings (SSSR count). The molecule has 0 spiro atoms. The van der Waals surface area contributed by atoms with E-state index >= 15 is 0 Å². The Morgan fingerprint density at radius 3 is 2.80 bits per heavy atom. The summed E-state index contributed by atoms with van der Waals surface area (Å²) in [5.74, 6) is -0.612. The second kappa shape index (κ2) is 7.26. The van der Waals surface area contributed by atoms with Gasteiger partial charge >= 0.3 is 5.97 Å². The Morgan fingerprint density at radius 1 is 1.32 bits per heavy atom. The minimum atomic E-state index is -3.76. The zero-order valence-electron chi connectivity index (χ0n) is 13.6. The molecule has 0 saturated carbocycles. The number of hydrogen-bond donors (Lipinski definition) is 1. The van der Waals surface area contributed by atoms with Crippen LogP contribution in [0.4, 0.5) is 0 Å². The van der Waals surface area contributed by atoms with Crippen LogP contribution in [0, 0.1) is 0 Å². The maximum absolute atomic E-state index is 13.0. The summed E-state index contributed by atoms with van der Waals surface area (Å²) in [5, 5.41) is 3.21. The molecule has 1 N–H and O–H groups in total. The molecule has 25 heavy (non-hydrogen) atoms. The molecule has 1 aliphatic heterocycles. The van der Waals surface area contributed by atoms with Crippen LogP contribution in [-0.2, 0) is 14.8 Å². The number of hydrogen-bond acceptors (Lipinski definition) is 7. The first-order valence-corrected chi connectivity index (χ1v) is 9.15. The van der Waals surface area contributed by atoms with E-state index in [0.717, 1.165) is 5.56 Å². The zero-order chi connectivity index (χ0) is 17.9. The van der Waals surface area contributed by atoms with E-state index in [1.54, 1.807) is 18.5 Å². The summed E-state index contributed by atoms with van der Waals surface area (Å²) in [6.07, 6.45) is 4.50. The molecule has 1 aliphatic rings. The minimum absolute atomic E-state index is 0.0379. The summed E-state index contributed by atoms with van der Waals surface area (Å²) < 4.78 is 32.1. The molecule has 132 valence electrons. The zero-order valence-corrected chi connectivity index (χ0v) is 14.4. The third kappa shape index (κ3) is 3.53. The normalized spacial score (nSPS) is 18.7. The number of sulfonamides is 1. The van der Waals surface area contributed by atoms with E-state index in [0.29, 0.717) is 19.6 Å². The number of ether oxygens (including phenoxy) is 1. The van der Waals surface area contributed by atoms with Gasteiger partial charge in [-0.1, -0.05) is 6.07 Å². The van der Waals surface area contributed by atoms with Crippen molar-refractivity contribution in [3.8, 4) is 0 Å². The predicted molar refractivity (Wildman–Crippen MR) is 89.3 cm³/mol. The average Bonchev–Trinajstić information content (AvgIpc) is 2.68. The van der Waals surface area contributed by atoms with Gasteiger partial charge in [0.2, 0.25) is 10.0 Å². The fraction of sp³-hybridized carbons (Fsp3) is 0.312. The molecule has 3 heterocycles. The Hall–Kier alpha value is -2.36. The van der Waals surface area contributed by atoms with E-state index in [-0.39, 0.29) is 16.6 Å². The van der Waals surface area contributed by atoms with Crippen LogP contribution in [0.15, 0.2) is 47.8 Å². The van der Waals surface area contributed by atoms with Crippen molar-refractivity contribution in [3.05, 3.63) is 54.1 Å². The molecule has 0 radical (unpaired) electrons. The van der Waals surface area contributed by atoms with Crippen molar-refractivity contribution in [1.29, 1.82) is 0 Å². The van der Waals surface area contributed by atoms with Crippen LogP contribution in [-0.4, -0.2) is 55.4 Å². The summed E-state index contributed by atoms with van der Waals surface area (Å²) >= 11 is 0. The molecule has 0 aliphatic carbocycles. The van der Waals surface area contributed by atoms with Gasteiger partial charge in [0.15, 0.2) is 0 Å². The Labute approximate surface area is 145 Å². The molecule has 0 aromatic carbocycles. The first-order valence-electron chi connectivity index (χ1n) is 7.71. The molecular formula is C16H18N4O4S. The molecule has 2 aromatic rings. The lowest BCUT2D eigenvalue weighted by Crippen LogP contribution is -2.48. The summed E-state index contributed by atoms with van der Waals surface area (Å²) in [4.78, 5) is 19.5. The number of esters is 1. The van der Waals surface area contributed by atoms with Gasteiger partial charge in [-0.25, -0.2) is 18.2 Å². The van der Waals surface area contributed by atoms with Gasteiger partial charge in [0, 0.05) is 38.2 Å². The van der Waals surface area contributed by atoms with Crippen LogP contribution < -0.4 is 5.32 Å². The van der Waals surface area contributed by atoms with E-state index < -0.39 is 16.0 Å². The van der Waals surface area contributed by atoms with Crippen LogP contribution in [0.3, 0.4) is 0 Å². The van der Waals surface area contributed by atoms with Gasteiger partial charge in [-0.05, 0) is 23.8 Å². The van der Waals surface area contributed by atoms with E-state index in [4.69, 9.17) is 0 Å². The first kappa shape index (κ1) is 17.5. The maximum Gasteiger partial charge on any atom is 0.356 e. The Morgan fingerprint density at radius 2 is 2.16 bits per heavy atom. The number of piperazine rings is 1. The summed E-state index contributed by atoms with van der Waals surface area (Å²) in [5.41, 5.74) is 0.878. The quantitative estimate of drug-likeness (QED) is 0.795. The number of nitrogens with zero attached hydrogens (tertiary/aromatic N) is 3. The van der Waals surface area contributed by atoms with Crippen molar-refractivity contribution < 1.29 is 17.9 Å². The smallest absolute Gasteiger partial charge is 0.356 e. The number of methoxy groups -OCH3 is 1. The van der Waals surface area contributed by atoms with Crippen LogP contribution in [0.25, 0.3) is 0 Å². The number of pyridine rings is 2. The van der Waals surface area contributed by atoms with Gasteiger partial charge in [-0.15, -0.1) is 0 Å². The van der Waals surface area contributed by atoms with Gasteiger partial charge in [0.05, 0.1) is 13.2 Å². The van der Waals surface area contributed by atoms with Gasteiger partial charge in [-0.3, -0.25) is 4.98 Å². The van der Waals surface area contributed by atoms with Crippen LogP contribution in [0.2, 0.25) is 0 Å². The molecule has 1 fully saturated rings. The van der Waals surface area contributed by atoms with Crippen LogP contribution >= 0.6 is 0 Å². The second-order valence-electron chi connectivity index (χ2n) is 5.49. The lowest BCUT2D eigenvalue weighted by atomic mass is 10.1. The molecule has 1 saturated heterocycles. The fourth-order valence-corrected chi connectivity index (χ4v) is 4.28. The highest BCUT2D eigenvalue weighted by atomic mass is 32.2. The molecule has 1 atom stereocenters. The number of carbonyl (C=O) groups excluding carboxylic acids is 1. The van der Waals surface area contributed by atoms with Crippen molar-refractivity contribution >= 4 is 16.0 Å². The monoisotopic (exact) mass is 362 g/mol. The third-order valence-corrected chi connectivity index (χ3v) is 5.89. The van der Waals surface area contributed by atoms with Crippen molar-refractivity contribution in [2.24, 2.45) is 0 Å². The lowest BCUT2D eigenvalue weighted by molar-refractivity contribution is 0.0594. The molecule has 0 amide bonds. The molecule has 8 nitrogen and oxygen atoms in total. The highest BCUT2D eigenvalue weighted by Crippen LogP contribution is 2.28. The highest BCUT2D eigenvalue weighted by Gasteiger charge is 2.34. The Bertz CT molecular complexity index is 840. The summed E-state index contributed by atoms with van der Waals surface area (Å²) in [6.45, 7) is 1.39. The van der Waals surface area contributed by atoms with Crippen molar-refractivity contribution in [1.82, 2.24) is 19.6 Å². The van der Waals surface area contributed by atoms with Crippen LogP contribution in [0.5, 0.6) is 0 Å². The summed E-state index contributed by atoms with van der Waals surface area (Å²) in [7, 11) is -2.51. The molecule has 1 unspecified atom stereocenters. The Balaban J connectivity index is 1.93. The second-order valence-corrected chi connectivity index (χ2v) is 7.38. The molecule has 9 heteroatoms. The summed E-state index contributed by atoms with van der Waals surface area (Å²) in [6, 6.07) is 6.00. The topological polar surface area (TPSA) is 101 Å².